The van der Waals surface area contributed by atoms with E-state index in [1.54, 1.807) is 0 Å². The smallest absolute Gasteiger partial charge is 0.172 e. The molecule has 0 aromatic heterocycles. The summed E-state index contributed by atoms with van der Waals surface area (Å²) in [7, 11) is 0. The molecule has 47 valence electrons. The number of phenolic OH excluding ortho intramolecular Hbond substituents is 2. The quantitative estimate of drug-likeness (QED) is 0.546. The van der Waals surface area contributed by atoms with E-state index >= 15 is 0 Å². The van der Waals surface area contributed by atoms with Crippen molar-refractivity contribution in [1.82, 2.24) is 0 Å². The number of rotatable bonds is 0. The molecule has 0 saturated carbocycles. The molecule has 1 radical (unpaired) electrons. The van der Waals surface area contributed by atoms with E-state index in [9.17, 15) is 4.39 Å². The molecule has 1 rings (SSSR count). The van der Waals surface area contributed by atoms with Crippen molar-refractivity contribution in [3.63, 3.8) is 0 Å². The molecule has 1 aromatic rings. The van der Waals surface area contributed by atoms with Crippen molar-refractivity contribution in [2.75, 3.05) is 0 Å². The minimum absolute atomic E-state index is 0.200. The monoisotopic (exact) mass is 127 g/mol. The largest absolute Gasteiger partial charge is 0.508 e. The van der Waals surface area contributed by atoms with Gasteiger partial charge >= 0.3 is 0 Å². The van der Waals surface area contributed by atoms with Crippen LogP contribution in [-0.4, -0.2) is 10.2 Å². The van der Waals surface area contributed by atoms with Gasteiger partial charge in [0.15, 0.2) is 11.6 Å². The molecular weight excluding hydrogens is 123 g/mol. The van der Waals surface area contributed by atoms with Gasteiger partial charge in [0.25, 0.3) is 0 Å². The number of benzene rings is 1. The Morgan fingerprint density at radius 1 is 1.44 bits per heavy atom. The first-order valence-corrected chi connectivity index (χ1v) is 2.29. The van der Waals surface area contributed by atoms with E-state index in [1.807, 2.05) is 6.07 Å². The van der Waals surface area contributed by atoms with Gasteiger partial charge < -0.3 is 10.2 Å². The van der Waals surface area contributed by atoms with Gasteiger partial charge in [0, 0.05) is 12.1 Å². The maximum atomic E-state index is 12.1. The van der Waals surface area contributed by atoms with E-state index in [2.05, 4.69) is 0 Å². The molecule has 0 aliphatic carbocycles. The molecule has 3 heteroatoms. The molecule has 0 saturated heterocycles. The average Bonchev–Trinajstić information content (AvgIpc) is 1.80. The summed E-state index contributed by atoms with van der Waals surface area (Å²) in [6.45, 7) is 0. The lowest BCUT2D eigenvalue weighted by atomic mass is 10.3. The zero-order valence-corrected chi connectivity index (χ0v) is 4.43. The molecule has 2 N–H and O–H groups in total. The molecule has 0 spiro atoms. The summed E-state index contributed by atoms with van der Waals surface area (Å²) in [6.07, 6.45) is 0. The topological polar surface area (TPSA) is 40.5 Å². The number of halogens is 1. The maximum Gasteiger partial charge on any atom is 0.172 e. The van der Waals surface area contributed by atoms with Crippen LogP contribution in [0.4, 0.5) is 4.39 Å². The fourth-order valence-corrected chi connectivity index (χ4v) is 0.456. The number of phenols is 2. The normalized spacial score (nSPS) is 9.44. The van der Waals surface area contributed by atoms with Crippen LogP contribution in [0.2, 0.25) is 0 Å². The van der Waals surface area contributed by atoms with Crippen molar-refractivity contribution in [2.45, 2.75) is 0 Å². The Morgan fingerprint density at radius 2 is 2.11 bits per heavy atom. The van der Waals surface area contributed by atoms with Crippen LogP contribution in [0.5, 0.6) is 11.5 Å². The maximum absolute atomic E-state index is 12.1. The third-order valence-corrected chi connectivity index (χ3v) is 0.856. The molecule has 0 heterocycles. The second-order valence-electron chi connectivity index (χ2n) is 1.56. The first kappa shape index (κ1) is 5.88. The van der Waals surface area contributed by atoms with Crippen LogP contribution in [0.3, 0.4) is 0 Å². The lowest BCUT2D eigenvalue weighted by Crippen LogP contribution is -1.73. The molecule has 0 aliphatic heterocycles. The predicted molar refractivity (Wildman–Crippen MR) is 28.6 cm³/mol. The lowest BCUT2D eigenvalue weighted by Gasteiger charge is -1.92. The highest BCUT2D eigenvalue weighted by atomic mass is 19.1. The van der Waals surface area contributed by atoms with E-state index in [4.69, 9.17) is 10.2 Å². The van der Waals surface area contributed by atoms with E-state index in [0.29, 0.717) is 0 Å². The zero-order chi connectivity index (χ0) is 6.85. The van der Waals surface area contributed by atoms with Gasteiger partial charge in [-0.2, -0.15) is 0 Å². The second kappa shape index (κ2) is 1.93. The Hall–Kier alpha value is -1.25. The summed E-state index contributed by atoms with van der Waals surface area (Å²) in [5, 5.41) is 17.1. The summed E-state index contributed by atoms with van der Waals surface area (Å²) in [5.41, 5.74) is 0. The van der Waals surface area contributed by atoms with Gasteiger partial charge in [0.2, 0.25) is 0 Å². The molecule has 0 fully saturated rings. The molecule has 1 aromatic carbocycles. The van der Waals surface area contributed by atoms with Crippen LogP contribution < -0.4 is 0 Å². The SMILES string of the molecule is Oc1c[c]c(F)c(O)c1. The number of hydrogen-bond acceptors (Lipinski definition) is 2. The van der Waals surface area contributed by atoms with Gasteiger partial charge in [-0.15, -0.1) is 0 Å². The summed E-state index contributed by atoms with van der Waals surface area (Å²) in [4.78, 5) is 0. The molecule has 0 aliphatic rings. The summed E-state index contributed by atoms with van der Waals surface area (Å²) in [6, 6.07) is 3.95. The fourth-order valence-electron chi connectivity index (χ4n) is 0.456. The molecule has 0 bridgehead atoms. The molecule has 0 unspecified atom stereocenters. The highest BCUT2D eigenvalue weighted by Crippen LogP contribution is 2.19. The van der Waals surface area contributed by atoms with Crippen molar-refractivity contribution in [2.24, 2.45) is 0 Å². The van der Waals surface area contributed by atoms with Gasteiger partial charge in [0.1, 0.15) is 5.75 Å². The summed E-state index contributed by atoms with van der Waals surface area (Å²) >= 11 is 0. The van der Waals surface area contributed by atoms with Crippen LogP contribution in [0.1, 0.15) is 0 Å². The molecular formula is C6H4FO2. The third-order valence-electron chi connectivity index (χ3n) is 0.856. The van der Waals surface area contributed by atoms with Gasteiger partial charge in [0.05, 0.1) is 0 Å². The van der Waals surface area contributed by atoms with E-state index in [0.717, 1.165) is 12.1 Å². The van der Waals surface area contributed by atoms with Gasteiger partial charge in [-0.05, 0) is 6.07 Å². The number of aromatic hydroxyl groups is 2. The zero-order valence-electron chi connectivity index (χ0n) is 4.43. The third kappa shape index (κ3) is 1.10. The highest BCUT2D eigenvalue weighted by Gasteiger charge is 1.98. The Balaban J connectivity index is 3.17. The first-order valence-electron chi connectivity index (χ1n) is 2.29. The highest BCUT2D eigenvalue weighted by molar-refractivity contribution is 5.31. The van der Waals surface area contributed by atoms with Crippen LogP contribution in [0, 0.1) is 11.9 Å². The summed E-state index contributed by atoms with van der Waals surface area (Å²) in [5.74, 6) is -1.64. The van der Waals surface area contributed by atoms with E-state index in [1.165, 1.54) is 0 Å². The molecule has 9 heavy (non-hydrogen) atoms. The predicted octanol–water partition coefficient (Wildman–Crippen LogP) is 1.04. The Kier molecular flexibility index (Phi) is 1.26. The van der Waals surface area contributed by atoms with Crippen LogP contribution >= 0.6 is 0 Å². The summed E-state index contributed by atoms with van der Waals surface area (Å²) < 4.78 is 12.1. The van der Waals surface area contributed by atoms with Crippen molar-refractivity contribution in [3.05, 3.63) is 24.0 Å². The molecule has 0 atom stereocenters. The van der Waals surface area contributed by atoms with Crippen LogP contribution in [0.25, 0.3) is 0 Å². The minimum Gasteiger partial charge on any atom is -0.508 e. The average molecular weight is 127 g/mol. The standard InChI is InChI=1S/C6H4FO2/c7-5-2-1-4(8)3-6(5)9/h1,3,8-9H. The Morgan fingerprint density at radius 3 is 2.56 bits per heavy atom. The Labute approximate surface area is 51.2 Å². The number of hydrogen-bond donors (Lipinski definition) is 2. The van der Waals surface area contributed by atoms with Crippen molar-refractivity contribution in [3.8, 4) is 11.5 Å². The van der Waals surface area contributed by atoms with E-state index in [-0.39, 0.29) is 5.75 Å². The van der Waals surface area contributed by atoms with Crippen LogP contribution in [-0.2, 0) is 0 Å². The fraction of sp³-hybridized carbons (Fsp3) is 0. The van der Waals surface area contributed by atoms with Crippen molar-refractivity contribution in [1.29, 1.82) is 0 Å². The van der Waals surface area contributed by atoms with Crippen molar-refractivity contribution >= 4 is 0 Å². The molecule has 0 amide bonds. The Bertz CT molecular complexity index is 222. The lowest BCUT2D eigenvalue weighted by molar-refractivity contribution is 0.418. The second-order valence-corrected chi connectivity index (χ2v) is 1.56. The van der Waals surface area contributed by atoms with E-state index < -0.39 is 11.6 Å². The van der Waals surface area contributed by atoms with Crippen LogP contribution in [0.15, 0.2) is 12.1 Å². The van der Waals surface area contributed by atoms with Gasteiger partial charge in [-0.3, -0.25) is 0 Å². The van der Waals surface area contributed by atoms with Gasteiger partial charge in [-0.1, -0.05) is 0 Å². The molecule has 2 nitrogen and oxygen atoms in total. The van der Waals surface area contributed by atoms with Crippen molar-refractivity contribution < 1.29 is 14.6 Å². The minimum atomic E-state index is -0.854. The first-order chi connectivity index (χ1) is 4.20. The van der Waals surface area contributed by atoms with Gasteiger partial charge in [-0.25, -0.2) is 4.39 Å².